The molecule has 1 aliphatic rings. The van der Waals surface area contributed by atoms with Crippen LogP contribution < -0.4 is 5.32 Å². The van der Waals surface area contributed by atoms with Crippen molar-refractivity contribution in [3.8, 4) is 0 Å². The first kappa shape index (κ1) is 16.3. The van der Waals surface area contributed by atoms with E-state index in [1.54, 1.807) is 0 Å². The third kappa shape index (κ3) is 4.37. The summed E-state index contributed by atoms with van der Waals surface area (Å²) in [5.41, 5.74) is 1.08. The number of amides is 1. The third-order valence-electron chi connectivity index (χ3n) is 3.31. The van der Waals surface area contributed by atoms with Crippen molar-refractivity contribution in [2.45, 2.75) is 32.4 Å². The molecule has 106 valence electrons. The molecule has 1 fully saturated rings. The maximum atomic E-state index is 12.3. The normalized spacial score (nSPS) is 17.9. The number of hydrogen-bond acceptors (Lipinski definition) is 2. The van der Waals surface area contributed by atoms with E-state index < -0.39 is 0 Å². The molecule has 1 aromatic carbocycles. The first-order valence-electron chi connectivity index (χ1n) is 6.47. The highest BCUT2D eigenvalue weighted by Crippen LogP contribution is 2.15. The summed E-state index contributed by atoms with van der Waals surface area (Å²) < 4.78 is 0. The molecule has 0 aromatic heterocycles. The molecule has 0 bridgehead atoms. The van der Waals surface area contributed by atoms with Crippen LogP contribution in [0.25, 0.3) is 0 Å². The maximum absolute atomic E-state index is 12.3. The molecule has 0 radical (unpaired) electrons. The minimum Gasteiger partial charge on any atom is -0.337 e. The Labute approximate surface area is 125 Å². The largest absolute Gasteiger partial charge is 0.337 e. The fourth-order valence-electron chi connectivity index (χ4n) is 2.32. The number of hydrogen-bond donors (Lipinski definition) is 1. The number of rotatable bonds is 4. The fraction of sp³-hybridized carbons (Fsp3) is 0.500. The van der Waals surface area contributed by atoms with E-state index in [9.17, 15) is 4.79 Å². The molecular weight excluding hydrogens is 283 g/mol. The minimum absolute atomic E-state index is 0. The molecule has 0 aliphatic carbocycles. The van der Waals surface area contributed by atoms with Crippen LogP contribution in [0.2, 0.25) is 5.02 Å². The number of nitrogens with one attached hydrogen (secondary N) is 1. The van der Waals surface area contributed by atoms with E-state index in [1.165, 1.54) is 0 Å². The summed E-state index contributed by atoms with van der Waals surface area (Å²) >= 11 is 5.96. The van der Waals surface area contributed by atoms with Crippen molar-refractivity contribution in [3.05, 3.63) is 34.9 Å². The molecule has 19 heavy (non-hydrogen) atoms. The summed E-state index contributed by atoms with van der Waals surface area (Å²) in [4.78, 5) is 14.2. The summed E-state index contributed by atoms with van der Waals surface area (Å²) in [7, 11) is 0. The van der Waals surface area contributed by atoms with Gasteiger partial charge in [0.1, 0.15) is 0 Å². The zero-order valence-corrected chi connectivity index (χ0v) is 12.6. The topological polar surface area (TPSA) is 32.3 Å². The van der Waals surface area contributed by atoms with Gasteiger partial charge in [-0.3, -0.25) is 4.79 Å². The van der Waals surface area contributed by atoms with Gasteiger partial charge in [-0.2, -0.15) is 0 Å². The predicted molar refractivity (Wildman–Crippen MR) is 80.8 cm³/mol. The first-order chi connectivity index (χ1) is 8.70. The van der Waals surface area contributed by atoms with Gasteiger partial charge in [0.15, 0.2) is 0 Å². The lowest BCUT2D eigenvalue weighted by Crippen LogP contribution is -2.43. The van der Waals surface area contributed by atoms with Crippen LogP contribution in [0.4, 0.5) is 0 Å². The van der Waals surface area contributed by atoms with Crippen LogP contribution in [0, 0.1) is 0 Å². The molecule has 1 aliphatic heterocycles. The van der Waals surface area contributed by atoms with Crippen molar-refractivity contribution in [2.75, 3.05) is 13.1 Å². The van der Waals surface area contributed by atoms with Gasteiger partial charge in [-0.1, -0.05) is 23.7 Å². The van der Waals surface area contributed by atoms with Gasteiger partial charge in [0.05, 0.1) is 6.04 Å². The Morgan fingerprint density at radius 2 is 2.32 bits per heavy atom. The van der Waals surface area contributed by atoms with Gasteiger partial charge in [-0.15, -0.1) is 12.4 Å². The van der Waals surface area contributed by atoms with Crippen LogP contribution in [0.15, 0.2) is 24.3 Å². The van der Waals surface area contributed by atoms with Gasteiger partial charge in [-0.05, 0) is 44.0 Å². The number of carbonyl (C=O) groups is 1. The Kier molecular flexibility index (Phi) is 6.63. The molecule has 1 aromatic rings. The highest BCUT2D eigenvalue weighted by molar-refractivity contribution is 6.30. The average molecular weight is 303 g/mol. The molecule has 1 amide bonds. The lowest BCUT2D eigenvalue weighted by molar-refractivity contribution is -0.133. The second kappa shape index (κ2) is 7.73. The van der Waals surface area contributed by atoms with Gasteiger partial charge >= 0.3 is 0 Å². The van der Waals surface area contributed by atoms with E-state index in [4.69, 9.17) is 11.6 Å². The van der Waals surface area contributed by atoms with E-state index >= 15 is 0 Å². The monoisotopic (exact) mass is 302 g/mol. The fourth-order valence-corrected chi connectivity index (χ4v) is 2.53. The predicted octanol–water partition coefficient (Wildman–Crippen LogP) is 2.86. The SMILES string of the molecule is CCN(Cc1cccc(Cl)c1)C(=O)[C@@H]1CCCN1.Cl. The van der Waals surface area contributed by atoms with Crippen LogP contribution in [0.1, 0.15) is 25.3 Å². The van der Waals surface area contributed by atoms with Gasteiger partial charge in [-0.25, -0.2) is 0 Å². The van der Waals surface area contributed by atoms with Crippen LogP contribution in [-0.2, 0) is 11.3 Å². The molecular formula is C14H20Cl2N2O. The Morgan fingerprint density at radius 1 is 1.53 bits per heavy atom. The number of halogens is 2. The van der Waals surface area contributed by atoms with E-state index in [-0.39, 0.29) is 24.4 Å². The van der Waals surface area contributed by atoms with Crippen LogP contribution in [0.5, 0.6) is 0 Å². The van der Waals surface area contributed by atoms with E-state index in [0.29, 0.717) is 6.54 Å². The zero-order chi connectivity index (χ0) is 13.0. The number of nitrogens with zero attached hydrogens (tertiary/aromatic N) is 1. The van der Waals surface area contributed by atoms with Crippen LogP contribution in [0.3, 0.4) is 0 Å². The standard InChI is InChI=1S/C14H19ClN2O.ClH/c1-2-17(14(18)13-7-4-8-16-13)10-11-5-3-6-12(15)9-11;/h3,5-6,9,13,16H,2,4,7-8,10H2,1H3;1H/t13-;/m0./s1. The van der Waals surface area contributed by atoms with Crippen molar-refractivity contribution >= 4 is 29.9 Å². The quantitative estimate of drug-likeness (QED) is 0.927. The molecule has 1 N–H and O–H groups in total. The van der Waals surface area contributed by atoms with Crippen molar-refractivity contribution < 1.29 is 4.79 Å². The second-order valence-corrected chi connectivity index (χ2v) is 5.07. The van der Waals surface area contributed by atoms with Crippen LogP contribution in [-0.4, -0.2) is 29.9 Å². The second-order valence-electron chi connectivity index (χ2n) is 4.63. The van der Waals surface area contributed by atoms with Gasteiger partial charge in [0.25, 0.3) is 0 Å². The Bertz CT molecular complexity index is 420. The lowest BCUT2D eigenvalue weighted by Gasteiger charge is -2.24. The van der Waals surface area contributed by atoms with Crippen molar-refractivity contribution in [2.24, 2.45) is 0 Å². The van der Waals surface area contributed by atoms with Gasteiger partial charge in [0.2, 0.25) is 5.91 Å². The highest BCUT2D eigenvalue weighted by Gasteiger charge is 2.25. The average Bonchev–Trinajstić information content (AvgIpc) is 2.89. The molecule has 0 saturated carbocycles. The zero-order valence-electron chi connectivity index (χ0n) is 11.1. The van der Waals surface area contributed by atoms with Gasteiger partial charge < -0.3 is 10.2 Å². The molecule has 0 spiro atoms. The molecule has 1 saturated heterocycles. The van der Waals surface area contributed by atoms with E-state index in [0.717, 1.165) is 36.5 Å². The Morgan fingerprint density at radius 3 is 2.89 bits per heavy atom. The van der Waals surface area contributed by atoms with Gasteiger partial charge in [0, 0.05) is 18.1 Å². The molecule has 5 heteroatoms. The summed E-state index contributed by atoms with van der Waals surface area (Å²) in [6.45, 7) is 4.32. The smallest absolute Gasteiger partial charge is 0.239 e. The summed E-state index contributed by atoms with van der Waals surface area (Å²) in [6, 6.07) is 7.69. The number of benzene rings is 1. The molecule has 0 unspecified atom stereocenters. The molecule has 1 heterocycles. The maximum Gasteiger partial charge on any atom is 0.239 e. The molecule has 3 nitrogen and oxygen atoms in total. The van der Waals surface area contributed by atoms with Crippen LogP contribution >= 0.6 is 24.0 Å². The molecule has 1 atom stereocenters. The van der Waals surface area contributed by atoms with Crippen molar-refractivity contribution in [1.29, 1.82) is 0 Å². The number of carbonyl (C=O) groups excluding carboxylic acids is 1. The summed E-state index contributed by atoms with van der Waals surface area (Å²) in [6.07, 6.45) is 2.04. The highest BCUT2D eigenvalue weighted by atomic mass is 35.5. The Hall–Kier alpha value is -0.770. The minimum atomic E-state index is 0. The van der Waals surface area contributed by atoms with E-state index in [1.807, 2.05) is 36.1 Å². The number of likely N-dealkylation sites (N-methyl/N-ethyl adjacent to an activating group) is 1. The Balaban J connectivity index is 0.00000180. The summed E-state index contributed by atoms with van der Waals surface area (Å²) in [5.74, 6) is 0.204. The van der Waals surface area contributed by atoms with E-state index in [2.05, 4.69) is 5.32 Å². The van der Waals surface area contributed by atoms with Crippen molar-refractivity contribution in [3.63, 3.8) is 0 Å². The third-order valence-corrected chi connectivity index (χ3v) is 3.55. The van der Waals surface area contributed by atoms with Crippen molar-refractivity contribution in [1.82, 2.24) is 10.2 Å². The summed E-state index contributed by atoms with van der Waals surface area (Å²) in [5, 5.41) is 3.97. The lowest BCUT2D eigenvalue weighted by atomic mass is 10.1. The molecule has 2 rings (SSSR count). The first-order valence-corrected chi connectivity index (χ1v) is 6.85.